The minimum absolute atomic E-state index is 0.0200. The lowest BCUT2D eigenvalue weighted by Crippen LogP contribution is -2.62. The number of carboxylic acids is 2. The molecule has 29 heteroatoms. The molecule has 0 aliphatic heterocycles. The largest absolute Gasteiger partial charge is 0.481 e. The lowest BCUT2D eigenvalue weighted by molar-refractivity contribution is -0.143. The van der Waals surface area contributed by atoms with Gasteiger partial charge in [0.2, 0.25) is 59.1 Å². The van der Waals surface area contributed by atoms with E-state index in [4.69, 9.17) is 17.2 Å². The third-order valence-electron chi connectivity index (χ3n) is 13.5. The van der Waals surface area contributed by atoms with Crippen LogP contribution < -0.4 is 65.1 Å². The first-order valence-corrected chi connectivity index (χ1v) is 27.9. The summed E-state index contributed by atoms with van der Waals surface area (Å²) in [5.74, 6) is -13.8. The molecule has 3 rings (SSSR count). The quantitative estimate of drug-likeness (QED) is 0.0251. The van der Waals surface area contributed by atoms with Crippen molar-refractivity contribution in [2.24, 2.45) is 29.0 Å². The van der Waals surface area contributed by atoms with Crippen molar-refractivity contribution >= 4 is 71.0 Å². The standard InChI is InChI=1S/C56H82N14O15/c1-6-31(4)46(69-52(80)40(25-43(59)72)65-50(78)38(62-44(73)27-58)22-33-15-9-7-10-16-33)54(82)63-36(19-13-14-20-57)48(76)66-41(26-45(74)75)53(81)70-47(32(5)71)55(83)67-39(23-34-17-11-8-12-18-34)51(79)64-37(21-30(2)3)49(77)68-42(56(84)85)24-35-28-60-29-61-35/h7-12,15-18,28-32,36-42,46-47,71H,6,13-14,19-27,57-58H2,1-5H3,(H2,59,72)(H,60,61)(H,62,73)(H,63,82)(H,64,79)(H,65,78)(H,66,76)(H,67,83)(H,68,77)(H,69,80)(H,70,81)(H,74,75)(H,84,85)/t31-,32+,36-,37-,38-,39-,40-,41-,42-,46-,47-/m0/s1. The minimum Gasteiger partial charge on any atom is -0.481 e. The Morgan fingerprint density at radius 1 is 0.541 bits per heavy atom. The van der Waals surface area contributed by atoms with E-state index in [2.05, 4.69) is 57.8 Å². The number of nitrogens with one attached hydrogen (secondary N) is 10. The zero-order chi connectivity index (χ0) is 63.3. The molecule has 0 fully saturated rings. The molecule has 0 spiro atoms. The maximum atomic E-state index is 14.3. The van der Waals surface area contributed by atoms with Gasteiger partial charge in [0, 0.05) is 31.2 Å². The second-order valence-electron chi connectivity index (χ2n) is 21.0. The monoisotopic (exact) mass is 1190 g/mol. The number of nitrogens with two attached hydrogens (primary N) is 3. The predicted octanol–water partition coefficient (Wildman–Crippen LogP) is -3.20. The molecule has 466 valence electrons. The number of hydrogen-bond acceptors (Lipinski definition) is 16. The Bertz CT molecular complexity index is 2720. The van der Waals surface area contributed by atoms with Crippen molar-refractivity contribution in [2.45, 2.75) is 159 Å². The van der Waals surface area contributed by atoms with Crippen LogP contribution in [0.3, 0.4) is 0 Å². The van der Waals surface area contributed by atoms with Crippen LogP contribution in [0.25, 0.3) is 0 Å². The van der Waals surface area contributed by atoms with Gasteiger partial charge in [-0.1, -0.05) is 94.8 Å². The number of aromatic amines is 1. The number of imidazole rings is 1. The fourth-order valence-electron chi connectivity index (χ4n) is 8.67. The van der Waals surface area contributed by atoms with Crippen LogP contribution in [0.5, 0.6) is 0 Å². The molecule has 10 amide bonds. The molecule has 1 heterocycles. The van der Waals surface area contributed by atoms with Gasteiger partial charge in [-0.05, 0) is 62.1 Å². The highest BCUT2D eigenvalue weighted by molar-refractivity contribution is 6.00. The first kappa shape index (κ1) is 70.4. The normalized spacial score (nSPS) is 15.0. The van der Waals surface area contributed by atoms with E-state index in [9.17, 15) is 72.9 Å². The van der Waals surface area contributed by atoms with Crippen molar-refractivity contribution < 1.29 is 72.9 Å². The molecular weight excluding hydrogens is 1110 g/mol. The van der Waals surface area contributed by atoms with Gasteiger partial charge < -0.3 is 85.4 Å². The zero-order valence-electron chi connectivity index (χ0n) is 48.3. The molecule has 19 N–H and O–H groups in total. The lowest BCUT2D eigenvalue weighted by Gasteiger charge is -2.30. The Morgan fingerprint density at radius 2 is 1.00 bits per heavy atom. The molecule has 0 aliphatic rings. The number of aliphatic carboxylic acids is 2. The number of H-pyrrole nitrogens is 1. The molecule has 0 saturated carbocycles. The number of primary amides is 1. The lowest BCUT2D eigenvalue weighted by atomic mass is 9.96. The summed E-state index contributed by atoms with van der Waals surface area (Å²) in [5, 5.41) is 52.9. The average Bonchev–Trinajstić information content (AvgIpc) is 3.97. The number of carbonyl (C=O) groups is 12. The van der Waals surface area contributed by atoms with E-state index >= 15 is 0 Å². The van der Waals surface area contributed by atoms with Crippen molar-refractivity contribution in [2.75, 3.05) is 13.1 Å². The topological polar surface area (TPSA) is 481 Å². The summed E-state index contributed by atoms with van der Waals surface area (Å²) in [4.78, 5) is 168. The Labute approximate surface area is 491 Å². The van der Waals surface area contributed by atoms with Gasteiger partial charge in [0.25, 0.3) is 0 Å². The van der Waals surface area contributed by atoms with Crippen molar-refractivity contribution in [3.05, 3.63) is 90.0 Å². The Morgan fingerprint density at radius 3 is 1.47 bits per heavy atom. The Balaban J connectivity index is 1.89. The molecule has 0 radical (unpaired) electrons. The van der Waals surface area contributed by atoms with Gasteiger partial charge in [0.05, 0.1) is 31.8 Å². The fourth-order valence-corrected chi connectivity index (χ4v) is 8.67. The van der Waals surface area contributed by atoms with E-state index in [-0.39, 0.29) is 57.4 Å². The van der Waals surface area contributed by atoms with Crippen LogP contribution in [-0.2, 0) is 76.8 Å². The number of unbranched alkanes of at least 4 members (excludes halogenated alkanes) is 1. The van der Waals surface area contributed by atoms with E-state index < -0.39 is 157 Å². The predicted molar refractivity (Wildman–Crippen MR) is 306 cm³/mol. The first-order valence-electron chi connectivity index (χ1n) is 27.9. The van der Waals surface area contributed by atoms with Crippen molar-refractivity contribution in [1.29, 1.82) is 0 Å². The highest BCUT2D eigenvalue weighted by atomic mass is 16.4. The molecule has 0 unspecified atom stereocenters. The Kier molecular flexibility index (Phi) is 29.8. The molecule has 3 aromatic rings. The number of benzene rings is 2. The third kappa shape index (κ3) is 24.9. The summed E-state index contributed by atoms with van der Waals surface area (Å²) in [6.45, 7) is 7.56. The third-order valence-corrected chi connectivity index (χ3v) is 13.5. The van der Waals surface area contributed by atoms with Crippen LogP contribution in [0.4, 0.5) is 0 Å². The summed E-state index contributed by atoms with van der Waals surface area (Å²) in [7, 11) is 0. The molecule has 29 nitrogen and oxygen atoms in total. The summed E-state index contributed by atoms with van der Waals surface area (Å²) < 4.78 is 0. The molecule has 2 aromatic carbocycles. The number of hydrogen-bond donors (Lipinski definition) is 16. The molecule has 11 atom stereocenters. The number of aromatic nitrogens is 2. The van der Waals surface area contributed by atoms with E-state index in [0.29, 0.717) is 23.2 Å². The van der Waals surface area contributed by atoms with Crippen LogP contribution in [0, 0.1) is 11.8 Å². The van der Waals surface area contributed by atoms with Gasteiger partial charge in [-0.15, -0.1) is 0 Å². The van der Waals surface area contributed by atoms with Gasteiger partial charge >= 0.3 is 11.9 Å². The molecule has 0 bridgehead atoms. The highest BCUT2D eigenvalue weighted by Crippen LogP contribution is 2.14. The second kappa shape index (κ2) is 36.0. The van der Waals surface area contributed by atoms with Crippen molar-refractivity contribution in [3.8, 4) is 0 Å². The van der Waals surface area contributed by atoms with Crippen LogP contribution in [0.15, 0.2) is 73.2 Å². The van der Waals surface area contributed by atoms with Crippen LogP contribution >= 0.6 is 0 Å². The molecule has 0 saturated heterocycles. The van der Waals surface area contributed by atoms with E-state index in [0.717, 1.165) is 6.92 Å². The van der Waals surface area contributed by atoms with Crippen molar-refractivity contribution in [1.82, 2.24) is 57.8 Å². The number of aliphatic hydroxyl groups is 1. The first-order chi connectivity index (χ1) is 40.3. The molecule has 1 aromatic heterocycles. The number of amides is 10. The van der Waals surface area contributed by atoms with Crippen LogP contribution in [0.1, 0.15) is 96.4 Å². The number of carbonyl (C=O) groups excluding carboxylic acids is 10. The van der Waals surface area contributed by atoms with E-state index in [1.165, 1.54) is 12.5 Å². The van der Waals surface area contributed by atoms with Gasteiger partial charge in [-0.2, -0.15) is 0 Å². The molecule has 85 heavy (non-hydrogen) atoms. The highest BCUT2D eigenvalue weighted by Gasteiger charge is 2.38. The Hall–Kier alpha value is -8.83. The van der Waals surface area contributed by atoms with Gasteiger partial charge in [0.15, 0.2) is 0 Å². The SMILES string of the molecule is CC[C@H](C)[C@H](NC(=O)[C@H](CC(N)=O)NC(=O)[C@H](Cc1ccccc1)NC(=O)CN)C(=O)N[C@@H](CCCCN)C(=O)N[C@@H](CC(=O)O)C(=O)N[C@H](C(=O)N[C@@H](Cc1ccccc1)C(=O)N[C@@H](CC(C)C)C(=O)N[C@@H](Cc1cnc[nH]1)C(=O)O)[C@@H](C)O. The number of carboxylic acid groups (broad SMARTS) is 2. The average molecular weight is 1190 g/mol. The summed E-state index contributed by atoms with van der Waals surface area (Å²) in [5.41, 5.74) is 18.3. The maximum Gasteiger partial charge on any atom is 0.326 e. The van der Waals surface area contributed by atoms with E-state index in [1.54, 1.807) is 88.4 Å². The summed E-state index contributed by atoms with van der Waals surface area (Å²) in [6, 6.07) is 2.64. The summed E-state index contributed by atoms with van der Waals surface area (Å²) in [6.07, 6.45) is -0.655. The van der Waals surface area contributed by atoms with Crippen LogP contribution in [0.2, 0.25) is 0 Å². The summed E-state index contributed by atoms with van der Waals surface area (Å²) >= 11 is 0. The number of aliphatic hydroxyl groups excluding tert-OH is 1. The van der Waals surface area contributed by atoms with Gasteiger partial charge in [-0.3, -0.25) is 52.7 Å². The smallest absolute Gasteiger partial charge is 0.326 e. The second-order valence-corrected chi connectivity index (χ2v) is 21.0. The van der Waals surface area contributed by atoms with Gasteiger partial charge in [0.1, 0.15) is 54.4 Å². The number of rotatable bonds is 38. The van der Waals surface area contributed by atoms with Gasteiger partial charge in [-0.25, -0.2) is 9.78 Å². The maximum absolute atomic E-state index is 14.3. The zero-order valence-corrected chi connectivity index (χ0v) is 48.3. The van der Waals surface area contributed by atoms with Crippen molar-refractivity contribution in [3.63, 3.8) is 0 Å². The molecular formula is C56H82N14O15. The van der Waals surface area contributed by atoms with Crippen LogP contribution in [-0.4, -0.2) is 170 Å². The minimum atomic E-state index is -1.99. The fraction of sp³-hybridized carbons (Fsp3) is 0.518. The molecule has 0 aliphatic carbocycles. The number of nitrogens with zero attached hydrogens (tertiary/aromatic N) is 1. The van der Waals surface area contributed by atoms with E-state index in [1.807, 2.05) is 0 Å².